The summed E-state index contributed by atoms with van der Waals surface area (Å²) in [5, 5.41) is 11.1. The van der Waals surface area contributed by atoms with Crippen LogP contribution >= 0.6 is 11.6 Å². The minimum atomic E-state index is 0.748. The van der Waals surface area contributed by atoms with E-state index in [1.807, 2.05) is 31.2 Å². The van der Waals surface area contributed by atoms with E-state index in [-0.39, 0.29) is 0 Å². The van der Waals surface area contributed by atoms with Crippen LogP contribution in [0.3, 0.4) is 0 Å². The van der Waals surface area contributed by atoms with Crippen LogP contribution in [0.2, 0.25) is 5.02 Å². The van der Waals surface area contributed by atoms with Gasteiger partial charge in [0.05, 0.1) is 0 Å². The maximum atomic E-state index is 5.81. The average molecular weight is 251 g/mol. The van der Waals surface area contributed by atoms with E-state index in [0.717, 1.165) is 41.7 Å². The third kappa shape index (κ3) is 3.46. The van der Waals surface area contributed by atoms with Crippen LogP contribution in [0.25, 0.3) is 0 Å². The fraction of sp³-hybridized carbons (Fsp3) is 0.333. The maximum Gasteiger partial charge on any atom is 0.150 e. The van der Waals surface area contributed by atoms with E-state index in [1.54, 1.807) is 0 Å². The Hall–Kier alpha value is -1.55. The molecule has 0 amide bonds. The Bertz CT molecular complexity index is 464. The fourth-order valence-corrected chi connectivity index (χ4v) is 1.62. The predicted molar refractivity (Wildman–Crippen MR) is 69.4 cm³/mol. The Morgan fingerprint density at radius 1 is 1.29 bits per heavy atom. The van der Waals surface area contributed by atoms with Crippen LogP contribution in [0.4, 0.5) is 5.69 Å². The number of aromatic amines is 1. The lowest BCUT2D eigenvalue weighted by Gasteiger charge is -2.04. The van der Waals surface area contributed by atoms with E-state index in [2.05, 4.69) is 20.5 Å². The van der Waals surface area contributed by atoms with Crippen LogP contribution in [0, 0.1) is 0 Å². The van der Waals surface area contributed by atoms with Gasteiger partial charge in [0.25, 0.3) is 0 Å². The van der Waals surface area contributed by atoms with Gasteiger partial charge >= 0.3 is 0 Å². The summed E-state index contributed by atoms with van der Waals surface area (Å²) in [6, 6.07) is 7.65. The van der Waals surface area contributed by atoms with Gasteiger partial charge in [0.15, 0.2) is 0 Å². The minimum absolute atomic E-state index is 0.748. The topological polar surface area (TPSA) is 53.6 Å². The zero-order valence-electron chi connectivity index (χ0n) is 9.70. The molecule has 0 spiro atoms. The lowest BCUT2D eigenvalue weighted by Crippen LogP contribution is -2.05. The molecule has 2 rings (SSSR count). The molecule has 0 saturated heterocycles. The Balaban J connectivity index is 1.81. The van der Waals surface area contributed by atoms with Gasteiger partial charge in [-0.25, -0.2) is 4.98 Å². The number of nitrogens with zero attached hydrogens (tertiary/aromatic N) is 2. The molecule has 0 bridgehead atoms. The highest BCUT2D eigenvalue weighted by Gasteiger charge is 2.00. The highest BCUT2D eigenvalue weighted by atomic mass is 35.5. The van der Waals surface area contributed by atoms with E-state index in [1.165, 1.54) is 0 Å². The van der Waals surface area contributed by atoms with Crippen LogP contribution in [0.1, 0.15) is 18.6 Å². The normalized spacial score (nSPS) is 10.5. The predicted octanol–water partition coefficient (Wildman–Crippen LogP) is 2.68. The molecule has 0 radical (unpaired) electrons. The summed E-state index contributed by atoms with van der Waals surface area (Å²) < 4.78 is 0. The Kier molecular flexibility index (Phi) is 3.98. The molecular formula is C12H15ClN4. The smallest absolute Gasteiger partial charge is 0.150 e. The quantitative estimate of drug-likeness (QED) is 0.858. The number of rotatable bonds is 5. The number of aryl methyl sites for hydroxylation is 1. The molecule has 0 unspecified atom stereocenters. The fourth-order valence-electron chi connectivity index (χ4n) is 1.50. The van der Waals surface area contributed by atoms with Crippen LogP contribution in [-0.2, 0) is 12.8 Å². The van der Waals surface area contributed by atoms with Crippen molar-refractivity contribution in [1.29, 1.82) is 0 Å². The lowest BCUT2D eigenvalue weighted by atomic mass is 10.3. The number of hydrogen-bond acceptors (Lipinski definition) is 3. The van der Waals surface area contributed by atoms with Gasteiger partial charge < -0.3 is 5.32 Å². The van der Waals surface area contributed by atoms with Crippen molar-refractivity contribution >= 4 is 17.3 Å². The molecule has 0 fully saturated rings. The van der Waals surface area contributed by atoms with E-state index in [0.29, 0.717) is 0 Å². The second-order valence-corrected chi connectivity index (χ2v) is 4.17. The van der Waals surface area contributed by atoms with Crippen molar-refractivity contribution in [3.05, 3.63) is 40.9 Å². The molecule has 2 aromatic rings. The third-order valence-corrected chi connectivity index (χ3v) is 2.68. The highest BCUT2D eigenvalue weighted by molar-refractivity contribution is 6.30. The van der Waals surface area contributed by atoms with Crippen molar-refractivity contribution in [1.82, 2.24) is 15.2 Å². The number of halogens is 1. The summed E-state index contributed by atoms with van der Waals surface area (Å²) in [7, 11) is 0. The van der Waals surface area contributed by atoms with Crippen molar-refractivity contribution in [3.63, 3.8) is 0 Å². The van der Waals surface area contributed by atoms with Crippen molar-refractivity contribution in [2.24, 2.45) is 0 Å². The first-order valence-corrected chi connectivity index (χ1v) is 6.05. The molecule has 1 heterocycles. The first-order chi connectivity index (χ1) is 8.28. The second kappa shape index (κ2) is 5.68. The first-order valence-electron chi connectivity index (χ1n) is 5.67. The minimum Gasteiger partial charge on any atom is -0.385 e. The molecule has 2 N–H and O–H groups in total. The van der Waals surface area contributed by atoms with Gasteiger partial charge in [0, 0.05) is 30.1 Å². The van der Waals surface area contributed by atoms with Crippen LogP contribution in [0.5, 0.6) is 0 Å². The van der Waals surface area contributed by atoms with Gasteiger partial charge in [0.1, 0.15) is 11.6 Å². The van der Waals surface area contributed by atoms with E-state index < -0.39 is 0 Å². The number of nitrogens with one attached hydrogen (secondary N) is 2. The van der Waals surface area contributed by atoms with E-state index in [4.69, 9.17) is 11.6 Å². The van der Waals surface area contributed by atoms with E-state index in [9.17, 15) is 0 Å². The van der Waals surface area contributed by atoms with E-state index >= 15 is 0 Å². The van der Waals surface area contributed by atoms with Gasteiger partial charge in [0.2, 0.25) is 0 Å². The molecule has 4 nitrogen and oxygen atoms in total. The van der Waals surface area contributed by atoms with Crippen molar-refractivity contribution in [3.8, 4) is 0 Å². The van der Waals surface area contributed by atoms with Gasteiger partial charge in [-0.3, -0.25) is 5.10 Å². The largest absolute Gasteiger partial charge is 0.385 e. The summed E-state index contributed by atoms with van der Waals surface area (Å²) >= 11 is 5.81. The Morgan fingerprint density at radius 2 is 2.06 bits per heavy atom. The SMILES string of the molecule is CCc1n[nH]c(CCNc2ccc(Cl)cc2)n1. The standard InChI is InChI=1S/C12H15ClN4/c1-2-11-15-12(17-16-11)7-8-14-10-5-3-9(13)4-6-10/h3-6,14H,2,7-8H2,1H3,(H,15,16,17). The zero-order chi connectivity index (χ0) is 12.1. The summed E-state index contributed by atoms with van der Waals surface area (Å²) in [6.45, 7) is 2.86. The van der Waals surface area contributed by atoms with Gasteiger partial charge in [-0.15, -0.1) is 0 Å². The second-order valence-electron chi connectivity index (χ2n) is 3.74. The Labute approximate surface area is 105 Å². The first kappa shape index (κ1) is 11.9. The summed E-state index contributed by atoms with van der Waals surface area (Å²) in [5.74, 6) is 1.79. The monoisotopic (exact) mass is 250 g/mol. The number of benzene rings is 1. The maximum absolute atomic E-state index is 5.81. The molecular weight excluding hydrogens is 236 g/mol. The van der Waals surface area contributed by atoms with Crippen LogP contribution < -0.4 is 5.32 Å². The highest BCUT2D eigenvalue weighted by Crippen LogP contribution is 2.13. The molecule has 0 atom stereocenters. The number of H-pyrrole nitrogens is 1. The lowest BCUT2D eigenvalue weighted by molar-refractivity contribution is 0.901. The molecule has 1 aromatic carbocycles. The summed E-state index contributed by atoms with van der Waals surface area (Å²) in [6.07, 6.45) is 1.69. The van der Waals surface area contributed by atoms with Gasteiger partial charge in [-0.2, -0.15) is 5.10 Å². The summed E-state index contributed by atoms with van der Waals surface area (Å²) in [5.41, 5.74) is 1.06. The number of aromatic nitrogens is 3. The third-order valence-electron chi connectivity index (χ3n) is 2.43. The van der Waals surface area contributed by atoms with Gasteiger partial charge in [-0.05, 0) is 24.3 Å². The van der Waals surface area contributed by atoms with Gasteiger partial charge in [-0.1, -0.05) is 18.5 Å². The van der Waals surface area contributed by atoms with Crippen molar-refractivity contribution < 1.29 is 0 Å². The number of anilines is 1. The molecule has 17 heavy (non-hydrogen) atoms. The number of hydrogen-bond donors (Lipinski definition) is 2. The Morgan fingerprint density at radius 3 is 2.71 bits per heavy atom. The van der Waals surface area contributed by atoms with Crippen LogP contribution in [-0.4, -0.2) is 21.7 Å². The molecule has 1 aromatic heterocycles. The molecule has 0 aliphatic carbocycles. The molecule has 5 heteroatoms. The van der Waals surface area contributed by atoms with Crippen molar-refractivity contribution in [2.45, 2.75) is 19.8 Å². The molecule has 0 aliphatic heterocycles. The average Bonchev–Trinajstić information content (AvgIpc) is 2.80. The molecule has 90 valence electrons. The summed E-state index contributed by atoms with van der Waals surface area (Å²) in [4.78, 5) is 4.35. The molecule has 0 saturated carbocycles. The molecule has 0 aliphatic rings. The zero-order valence-corrected chi connectivity index (χ0v) is 10.5. The van der Waals surface area contributed by atoms with Crippen LogP contribution in [0.15, 0.2) is 24.3 Å². The van der Waals surface area contributed by atoms with Crippen molar-refractivity contribution in [2.75, 3.05) is 11.9 Å².